The fraction of sp³-hybridized carbons (Fsp3) is 0.688. The molecule has 7 N–H and O–H groups in total. The van der Waals surface area contributed by atoms with Crippen molar-refractivity contribution in [3.05, 3.63) is 0 Å². The van der Waals surface area contributed by atoms with Gasteiger partial charge in [0, 0.05) is 12.2 Å². The quantitative estimate of drug-likeness (QED) is 0.182. The highest BCUT2D eigenvalue weighted by atomic mass is 32.1. The Bertz CT molecular complexity index is 600. The Labute approximate surface area is 168 Å². The number of nitrogens with one attached hydrogen (secondary N) is 3. The van der Waals surface area contributed by atoms with E-state index in [0.717, 1.165) is 0 Å². The smallest absolute Gasteiger partial charge is 0.327 e. The summed E-state index contributed by atoms with van der Waals surface area (Å²) < 4.78 is 0. The number of amides is 3. The summed E-state index contributed by atoms with van der Waals surface area (Å²) in [6.07, 6.45) is -0.600. The summed E-state index contributed by atoms with van der Waals surface area (Å²) in [6, 6.07) is -4.48. The number of rotatable bonds is 12. The summed E-state index contributed by atoms with van der Waals surface area (Å²) in [7, 11) is 0. The number of carboxylic acids is 2. The average Bonchev–Trinajstić information content (AvgIpc) is 2.60. The molecule has 0 aromatic carbocycles. The van der Waals surface area contributed by atoms with Gasteiger partial charge in [0.05, 0.1) is 6.04 Å². The number of carboxylic acid groups (broad SMARTS) is 2. The van der Waals surface area contributed by atoms with Crippen LogP contribution in [0.25, 0.3) is 0 Å². The first-order valence-electron chi connectivity index (χ1n) is 8.62. The number of nitrogens with two attached hydrogens (primary N) is 1. The molecule has 4 unspecified atom stereocenters. The lowest BCUT2D eigenvalue weighted by Crippen LogP contribution is -2.57. The predicted octanol–water partition coefficient (Wildman–Crippen LogP) is -1.68. The molecule has 11 nitrogen and oxygen atoms in total. The average molecular weight is 420 g/mol. The van der Waals surface area contributed by atoms with Gasteiger partial charge in [0.1, 0.15) is 18.1 Å². The maximum absolute atomic E-state index is 12.4. The number of thiol groups is 1. The maximum Gasteiger partial charge on any atom is 0.327 e. The lowest BCUT2D eigenvalue weighted by atomic mass is 10.0. The molecule has 3 amide bonds. The van der Waals surface area contributed by atoms with Crippen LogP contribution in [0.1, 0.15) is 33.6 Å². The van der Waals surface area contributed by atoms with Crippen LogP contribution in [-0.4, -0.2) is 69.8 Å². The second kappa shape index (κ2) is 12.2. The first-order chi connectivity index (χ1) is 12.9. The third-order valence-corrected chi connectivity index (χ3v) is 4.22. The standard InChI is InChI=1S/C16H28N4O7S/c1-7(2)12(17)15(25)19-9(4-5-11(21)22)14(24)18-8(3)13(23)20-10(6-28)16(26)27/h7-10,12,28H,4-6,17H2,1-3H3,(H,18,24)(H,19,25)(H,20,23)(H,21,22)(H,26,27). The van der Waals surface area contributed by atoms with E-state index in [1.54, 1.807) is 13.8 Å². The van der Waals surface area contributed by atoms with E-state index in [1.807, 2.05) is 0 Å². The Morgan fingerprint density at radius 1 is 0.893 bits per heavy atom. The summed E-state index contributed by atoms with van der Waals surface area (Å²) in [4.78, 5) is 58.3. The lowest BCUT2D eigenvalue weighted by molar-refractivity contribution is -0.141. The van der Waals surface area contributed by atoms with Crippen molar-refractivity contribution in [2.24, 2.45) is 11.7 Å². The highest BCUT2D eigenvalue weighted by Gasteiger charge is 2.28. The zero-order valence-corrected chi connectivity index (χ0v) is 16.9. The molecule has 0 aromatic rings. The van der Waals surface area contributed by atoms with Gasteiger partial charge in [-0.15, -0.1) is 0 Å². The summed E-state index contributed by atoms with van der Waals surface area (Å²) in [5, 5.41) is 24.7. The molecule has 0 aliphatic rings. The van der Waals surface area contributed by atoms with Crippen LogP contribution < -0.4 is 21.7 Å². The summed E-state index contributed by atoms with van der Waals surface area (Å²) in [5.74, 6) is -4.98. The molecule has 0 aromatic heterocycles. The molecular weight excluding hydrogens is 392 g/mol. The molecule has 0 heterocycles. The minimum absolute atomic E-state index is 0.147. The Hall–Kier alpha value is -2.34. The van der Waals surface area contributed by atoms with Gasteiger partial charge in [0.25, 0.3) is 0 Å². The monoisotopic (exact) mass is 420 g/mol. The van der Waals surface area contributed by atoms with Gasteiger partial charge in [-0.1, -0.05) is 13.8 Å². The molecule has 160 valence electrons. The lowest BCUT2D eigenvalue weighted by Gasteiger charge is -2.24. The maximum atomic E-state index is 12.4. The van der Waals surface area contributed by atoms with E-state index in [9.17, 15) is 24.0 Å². The second-order valence-corrected chi connectivity index (χ2v) is 6.94. The largest absolute Gasteiger partial charge is 0.481 e. The van der Waals surface area contributed by atoms with E-state index < -0.39 is 60.2 Å². The van der Waals surface area contributed by atoms with Crippen molar-refractivity contribution < 1.29 is 34.2 Å². The predicted molar refractivity (Wildman–Crippen MR) is 103 cm³/mol. The van der Waals surface area contributed by atoms with Crippen molar-refractivity contribution in [1.82, 2.24) is 16.0 Å². The Balaban J connectivity index is 5.06. The SMILES string of the molecule is CC(NC(=O)C(CCC(=O)O)NC(=O)C(N)C(C)C)C(=O)NC(CS)C(=O)O. The Morgan fingerprint density at radius 3 is 1.86 bits per heavy atom. The summed E-state index contributed by atoms with van der Waals surface area (Å²) in [6.45, 7) is 4.74. The topological polar surface area (TPSA) is 188 Å². The molecule has 0 radical (unpaired) electrons. The van der Waals surface area contributed by atoms with Crippen LogP contribution in [-0.2, 0) is 24.0 Å². The van der Waals surface area contributed by atoms with Gasteiger partial charge >= 0.3 is 11.9 Å². The normalized spacial score (nSPS) is 15.1. The molecule has 4 atom stereocenters. The van der Waals surface area contributed by atoms with Crippen molar-refractivity contribution in [2.45, 2.75) is 57.8 Å². The third-order valence-electron chi connectivity index (χ3n) is 3.85. The fourth-order valence-corrected chi connectivity index (χ4v) is 2.22. The summed E-state index contributed by atoms with van der Waals surface area (Å²) in [5.41, 5.74) is 5.73. The van der Waals surface area contributed by atoms with Crippen molar-refractivity contribution in [3.63, 3.8) is 0 Å². The van der Waals surface area contributed by atoms with Crippen LogP contribution in [0.5, 0.6) is 0 Å². The third kappa shape index (κ3) is 9.04. The molecule has 0 fully saturated rings. The van der Waals surface area contributed by atoms with Gasteiger partial charge in [0.2, 0.25) is 17.7 Å². The van der Waals surface area contributed by atoms with Crippen LogP contribution in [0.3, 0.4) is 0 Å². The van der Waals surface area contributed by atoms with E-state index in [4.69, 9.17) is 15.9 Å². The molecule has 0 saturated carbocycles. The van der Waals surface area contributed by atoms with Crippen LogP contribution in [0.2, 0.25) is 0 Å². The fourth-order valence-electron chi connectivity index (χ4n) is 1.97. The number of aliphatic carboxylic acids is 2. The molecule has 28 heavy (non-hydrogen) atoms. The van der Waals surface area contributed by atoms with Crippen LogP contribution in [0.4, 0.5) is 0 Å². The van der Waals surface area contributed by atoms with Crippen LogP contribution in [0.15, 0.2) is 0 Å². The van der Waals surface area contributed by atoms with E-state index >= 15 is 0 Å². The zero-order chi connectivity index (χ0) is 22.0. The van der Waals surface area contributed by atoms with Crippen molar-refractivity contribution in [1.29, 1.82) is 0 Å². The Kier molecular flexibility index (Phi) is 11.2. The van der Waals surface area contributed by atoms with Gasteiger partial charge in [-0.3, -0.25) is 19.2 Å². The van der Waals surface area contributed by atoms with E-state index in [-0.39, 0.29) is 18.1 Å². The minimum atomic E-state index is -1.28. The molecule has 0 aliphatic carbocycles. The number of hydrogen-bond donors (Lipinski definition) is 7. The van der Waals surface area contributed by atoms with Crippen molar-refractivity contribution >= 4 is 42.3 Å². The van der Waals surface area contributed by atoms with Gasteiger partial charge in [-0.2, -0.15) is 12.6 Å². The molecule has 0 bridgehead atoms. The molecule has 0 rings (SSSR count). The van der Waals surface area contributed by atoms with Crippen molar-refractivity contribution in [3.8, 4) is 0 Å². The van der Waals surface area contributed by atoms with E-state index in [0.29, 0.717) is 0 Å². The number of hydrogen-bond acceptors (Lipinski definition) is 7. The second-order valence-electron chi connectivity index (χ2n) is 6.58. The molecule has 0 aliphatic heterocycles. The van der Waals surface area contributed by atoms with Gasteiger partial charge in [-0.25, -0.2) is 4.79 Å². The molecule has 0 spiro atoms. The number of carbonyl (C=O) groups excluding carboxylic acids is 3. The highest BCUT2D eigenvalue weighted by Crippen LogP contribution is 2.03. The van der Waals surface area contributed by atoms with Crippen molar-refractivity contribution in [2.75, 3.05) is 5.75 Å². The molecule has 12 heteroatoms. The molecular formula is C16H28N4O7S. The first-order valence-corrected chi connectivity index (χ1v) is 9.26. The zero-order valence-electron chi connectivity index (χ0n) is 16.0. The van der Waals surface area contributed by atoms with Crippen LogP contribution in [0, 0.1) is 5.92 Å². The summed E-state index contributed by atoms with van der Waals surface area (Å²) >= 11 is 3.82. The number of carbonyl (C=O) groups is 5. The first kappa shape index (κ1) is 25.7. The van der Waals surface area contributed by atoms with Gasteiger partial charge in [-0.05, 0) is 19.3 Å². The Morgan fingerprint density at radius 2 is 1.43 bits per heavy atom. The van der Waals surface area contributed by atoms with Gasteiger partial charge < -0.3 is 31.9 Å². The van der Waals surface area contributed by atoms with E-state index in [2.05, 4.69) is 28.6 Å². The highest BCUT2D eigenvalue weighted by molar-refractivity contribution is 7.80. The minimum Gasteiger partial charge on any atom is -0.481 e. The van der Waals surface area contributed by atoms with Gasteiger partial charge in [0.15, 0.2) is 0 Å². The van der Waals surface area contributed by atoms with E-state index in [1.165, 1.54) is 6.92 Å². The van der Waals surface area contributed by atoms with Crippen LogP contribution >= 0.6 is 12.6 Å². The molecule has 0 saturated heterocycles.